The first-order chi connectivity index (χ1) is 6.56. The molecule has 1 aromatic rings. The van der Waals surface area contributed by atoms with Gasteiger partial charge in [0.2, 0.25) is 0 Å². The van der Waals surface area contributed by atoms with E-state index in [0.717, 1.165) is 11.1 Å². The van der Waals surface area contributed by atoms with Gasteiger partial charge in [0.15, 0.2) is 0 Å². The summed E-state index contributed by atoms with van der Waals surface area (Å²) in [6.07, 6.45) is 0. The van der Waals surface area contributed by atoms with Crippen LogP contribution in [-0.2, 0) is 0 Å². The van der Waals surface area contributed by atoms with E-state index < -0.39 is 4.92 Å². The van der Waals surface area contributed by atoms with Crippen LogP contribution < -0.4 is 5.06 Å². The van der Waals surface area contributed by atoms with E-state index in [9.17, 15) is 15.3 Å². The van der Waals surface area contributed by atoms with Crippen LogP contribution in [-0.4, -0.2) is 21.8 Å². The van der Waals surface area contributed by atoms with E-state index in [1.807, 2.05) is 0 Å². The third-order valence-electron chi connectivity index (χ3n) is 1.73. The highest BCUT2D eigenvalue weighted by Gasteiger charge is 2.17. The molecular weight excluding hydrogens is 188 g/mol. The molecule has 0 atom stereocenters. The zero-order valence-corrected chi connectivity index (χ0v) is 7.54. The minimum absolute atomic E-state index is 0.0651. The number of nitrogens with zero attached hydrogens (tertiary/aromatic N) is 2. The predicted molar refractivity (Wildman–Crippen MR) is 49.6 cm³/mol. The van der Waals surface area contributed by atoms with Gasteiger partial charge < -0.3 is 5.11 Å². The van der Waals surface area contributed by atoms with Crippen LogP contribution in [0.1, 0.15) is 6.92 Å². The van der Waals surface area contributed by atoms with Gasteiger partial charge in [0.1, 0.15) is 11.4 Å². The molecule has 76 valence electrons. The van der Waals surface area contributed by atoms with Crippen molar-refractivity contribution in [2.24, 2.45) is 0 Å². The number of hydroxylamine groups is 1. The van der Waals surface area contributed by atoms with Crippen molar-refractivity contribution in [2.75, 3.05) is 11.6 Å². The maximum Gasteiger partial charge on any atom is 0.298 e. The number of benzene rings is 1. The lowest BCUT2D eigenvalue weighted by Gasteiger charge is -2.13. The molecule has 0 aliphatic rings. The van der Waals surface area contributed by atoms with Crippen LogP contribution in [0.5, 0.6) is 5.75 Å². The van der Waals surface area contributed by atoms with Crippen LogP contribution >= 0.6 is 0 Å². The number of nitro benzene ring substituents is 1. The molecule has 0 aliphatic heterocycles. The summed E-state index contributed by atoms with van der Waals surface area (Å²) in [5, 5.41) is 29.6. The van der Waals surface area contributed by atoms with E-state index in [0.29, 0.717) is 0 Å². The number of hydrogen-bond donors (Lipinski definition) is 2. The van der Waals surface area contributed by atoms with Crippen LogP contribution in [0.25, 0.3) is 0 Å². The standard InChI is InChI=1S/C8H10N2O4/c1-2-9(12)7-4-3-6(11)5-8(7)10(13)14/h3-5,11-12H,2H2,1H3. The molecule has 0 amide bonds. The Balaban J connectivity index is 3.21. The third-order valence-corrected chi connectivity index (χ3v) is 1.73. The molecule has 0 aliphatic carbocycles. The second kappa shape index (κ2) is 3.93. The van der Waals surface area contributed by atoms with Gasteiger partial charge in [-0.25, -0.2) is 0 Å². The first-order valence-corrected chi connectivity index (χ1v) is 4.00. The van der Waals surface area contributed by atoms with Crippen molar-refractivity contribution in [3.8, 4) is 5.75 Å². The average Bonchev–Trinajstić information content (AvgIpc) is 2.16. The molecule has 0 bridgehead atoms. The van der Waals surface area contributed by atoms with E-state index in [-0.39, 0.29) is 23.7 Å². The largest absolute Gasteiger partial charge is 0.508 e. The van der Waals surface area contributed by atoms with Gasteiger partial charge in [0, 0.05) is 6.54 Å². The molecule has 0 saturated heterocycles. The number of anilines is 1. The number of hydrogen-bond acceptors (Lipinski definition) is 5. The number of phenols is 1. The molecule has 0 aromatic heterocycles. The molecule has 0 fully saturated rings. The smallest absolute Gasteiger partial charge is 0.298 e. The lowest BCUT2D eigenvalue weighted by Crippen LogP contribution is -2.17. The topological polar surface area (TPSA) is 86.8 Å². The summed E-state index contributed by atoms with van der Waals surface area (Å²) in [7, 11) is 0. The predicted octanol–water partition coefficient (Wildman–Crippen LogP) is 1.52. The molecule has 2 N–H and O–H groups in total. The highest BCUT2D eigenvalue weighted by molar-refractivity contribution is 5.63. The van der Waals surface area contributed by atoms with E-state index in [1.54, 1.807) is 6.92 Å². The fourth-order valence-electron chi connectivity index (χ4n) is 1.05. The molecule has 0 saturated carbocycles. The highest BCUT2D eigenvalue weighted by Crippen LogP contribution is 2.30. The van der Waals surface area contributed by atoms with Gasteiger partial charge in [-0.2, -0.15) is 0 Å². The summed E-state index contributed by atoms with van der Waals surface area (Å²) in [6.45, 7) is 1.88. The average molecular weight is 198 g/mol. The van der Waals surface area contributed by atoms with Crippen molar-refractivity contribution < 1.29 is 15.2 Å². The lowest BCUT2D eigenvalue weighted by atomic mass is 10.2. The molecule has 1 aromatic carbocycles. The Kier molecular flexibility index (Phi) is 2.88. The first-order valence-electron chi connectivity index (χ1n) is 4.00. The van der Waals surface area contributed by atoms with E-state index in [1.165, 1.54) is 12.1 Å². The van der Waals surface area contributed by atoms with Gasteiger partial charge in [0.25, 0.3) is 5.69 Å². The molecule has 6 nitrogen and oxygen atoms in total. The summed E-state index contributed by atoms with van der Waals surface area (Å²) < 4.78 is 0. The molecule has 1 rings (SSSR count). The Morgan fingerprint density at radius 1 is 1.57 bits per heavy atom. The van der Waals surface area contributed by atoms with E-state index >= 15 is 0 Å². The Hall–Kier alpha value is -1.82. The zero-order valence-electron chi connectivity index (χ0n) is 7.54. The monoisotopic (exact) mass is 198 g/mol. The molecule has 6 heteroatoms. The zero-order chi connectivity index (χ0) is 10.7. The normalized spacial score (nSPS) is 9.86. The molecule has 0 heterocycles. The van der Waals surface area contributed by atoms with Crippen molar-refractivity contribution in [1.29, 1.82) is 0 Å². The van der Waals surface area contributed by atoms with Gasteiger partial charge in [-0.1, -0.05) is 0 Å². The highest BCUT2D eigenvalue weighted by atomic mass is 16.6. The second-order valence-electron chi connectivity index (χ2n) is 2.65. The summed E-state index contributed by atoms with van der Waals surface area (Å²) in [5.74, 6) is -0.204. The van der Waals surface area contributed by atoms with E-state index in [2.05, 4.69) is 0 Å². The Labute approximate surface area is 80.1 Å². The molecule has 14 heavy (non-hydrogen) atoms. The fourth-order valence-corrected chi connectivity index (χ4v) is 1.05. The SMILES string of the molecule is CCN(O)c1ccc(O)cc1[N+](=O)[O-]. The Morgan fingerprint density at radius 3 is 2.71 bits per heavy atom. The molecule has 0 spiro atoms. The van der Waals surface area contributed by atoms with Crippen LogP contribution in [0.2, 0.25) is 0 Å². The van der Waals surface area contributed by atoms with Crippen molar-refractivity contribution in [3.63, 3.8) is 0 Å². The molecule has 0 radical (unpaired) electrons. The van der Waals surface area contributed by atoms with E-state index in [4.69, 9.17) is 5.11 Å². The number of aromatic hydroxyl groups is 1. The summed E-state index contributed by atoms with van der Waals surface area (Å²) in [6, 6.07) is 3.56. The summed E-state index contributed by atoms with van der Waals surface area (Å²) in [4.78, 5) is 9.89. The van der Waals surface area contributed by atoms with Gasteiger partial charge in [-0.05, 0) is 19.1 Å². The van der Waals surface area contributed by atoms with Gasteiger partial charge in [-0.3, -0.25) is 20.4 Å². The van der Waals surface area contributed by atoms with Gasteiger partial charge in [-0.15, -0.1) is 0 Å². The van der Waals surface area contributed by atoms with Gasteiger partial charge in [0.05, 0.1) is 11.0 Å². The van der Waals surface area contributed by atoms with Crippen LogP contribution in [0.3, 0.4) is 0 Å². The van der Waals surface area contributed by atoms with Crippen LogP contribution in [0, 0.1) is 10.1 Å². The van der Waals surface area contributed by atoms with Crippen LogP contribution in [0.4, 0.5) is 11.4 Å². The maximum absolute atomic E-state index is 10.6. The number of phenolic OH excluding ortho intramolecular Hbond substituents is 1. The third kappa shape index (κ3) is 1.91. The minimum Gasteiger partial charge on any atom is -0.508 e. The quantitative estimate of drug-likeness (QED) is 0.567. The number of nitro groups is 1. The Morgan fingerprint density at radius 2 is 2.21 bits per heavy atom. The van der Waals surface area contributed by atoms with Gasteiger partial charge >= 0.3 is 0 Å². The fraction of sp³-hybridized carbons (Fsp3) is 0.250. The van der Waals surface area contributed by atoms with Crippen molar-refractivity contribution in [3.05, 3.63) is 28.3 Å². The summed E-state index contributed by atoms with van der Waals surface area (Å²) >= 11 is 0. The number of rotatable bonds is 3. The first kappa shape index (κ1) is 10.3. The van der Waals surface area contributed by atoms with Crippen LogP contribution in [0.15, 0.2) is 18.2 Å². The lowest BCUT2D eigenvalue weighted by molar-refractivity contribution is -0.384. The second-order valence-corrected chi connectivity index (χ2v) is 2.65. The minimum atomic E-state index is -0.659. The van der Waals surface area contributed by atoms with Crippen molar-refractivity contribution in [1.82, 2.24) is 0 Å². The van der Waals surface area contributed by atoms with Crippen molar-refractivity contribution >= 4 is 11.4 Å². The molecular formula is C8H10N2O4. The van der Waals surface area contributed by atoms with Crippen molar-refractivity contribution in [2.45, 2.75) is 6.92 Å². The molecule has 0 unspecified atom stereocenters. The maximum atomic E-state index is 10.6. The Bertz CT molecular complexity index is 353. The summed E-state index contributed by atoms with van der Waals surface area (Å²) in [5.41, 5.74) is -0.260.